The Morgan fingerprint density at radius 1 is 1.07 bits per heavy atom. The van der Waals surface area contributed by atoms with Crippen LogP contribution in [0.4, 0.5) is 8.78 Å². The fourth-order valence-corrected chi connectivity index (χ4v) is 2.57. The highest BCUT2D eigenvalue weighted by atomic mass is 35.5. The van der Waals surface area contributed by atoms with Gasteiger partial charge in [0.05, 0.1) is 13.2 Å². The minimum absolute atomic E-state index is 0.0553. The number of esters is 2. The molecular formula is C18H17ClF2N2O5. The third kappa shape index (κ3) is 4.36. The second-order valence-electron chi connectivity index (χ2n) is 5.60. The number of nitrogens with zero attached hydrogens (tertiary/aromatic N) is 2. The van der Waals surface area contributed by atoms with Crippen molar-refractivity contribution in [3.63, 3.8) is 0 Å². The molecule has 0 radical (unpaired) electrons. The molecule has 0 N–H and O–H groups in total. The molecule has 0 aliphatic heterocycles. The van der Waals surface area contributed by atoms with E-state index in [4.69, 9.17) is 21.1 Å². The van der Waals surface area contributed by atoms with Gasteiger partial charge in [-0.05, 0) is 32.9 Å². The first-order chi connectivity index (χ1) is 13.2. The standard InChI is InChI=1S/C18H17ClF2N2O5/c1-4-27-17(25)15-9(3)16(18(26)28-5-2)23(22-15)8-13(24)10-6-11(20)14(19)12(21)7-10/h6-7H,4-5,8H2,1-3H3. The van der Waals surface area contributed by atoms with Crippen LogP contribution in [0, 0.1) is 18.6 Å². The van der Waals surface area contributed by atoms with E-state index in [2.05, 4.69) is 5.10 Å². The van der Waals surface area contributed by atoms with Crippen LogP contribution in [0.25, 0.3) is 0 Å². The molecule has 0 unspecified atom stereocenters. The Morgan fingerprint density at radius 2 is 1.61 bits per heavy atom. The number of aromatic nitrogens is 2. The summed E-state index contributed by atoms with van der Waals surface area (Å²) < 4.78 is 38.0. The van der Waals surface area contributed by atoms with Crippen LogP contribution in [0.5, 0.6) is 0 Å². The summed E-state index contributed by atoms with van der Waals surface area (Å²) in [4.78, 5) is 36.8. The fraction of sp³-hybridized carbons (Fsp3) is 0.333. The molecule has 10 heteroatoms. The zero-order valence-electron chi connectivity index (χ0n) is 15.3. The van der Waals surface area contributed by atoms with Crippen molar-refractivity contribution in [2.75, 3.05) is 13.2 Å². The van der Waals surface area contributed by atoms with Crippen LogP contribution in [0.1, 0.15) is 50.7 Å². The van der Waals surface area contributed by atoms with Crippen molar-refractivity contribution in [3.05, 3.63) is 51.3 Å². The van der Waals surface area contributed by atoms with Crippen molar-refractivity contribution in [2.45, 2.75) is 27.3 Å². The predicted molar refractivity (Wildman–Crippen MR) is 94.6 cm³/mol. The van der Waals surface area contributed by atoms with E-state index in [1.165, 1.54) is 6.92 Å². The molecule has 28 heavy (non-hydrogen) atoms. The molecule has 2 rings (SSSR count). The zero-order chi connectivity index (χ0) is 21.0. The van der Waals surface area contributed by atoms with Crippen molar-refractivity contribution in [1.82, 2.24) is 9.78 Å². The van der Waals surface area contributed by atoms with Gasteiger partial charge in [-0.1, -0.05) is 11.6 Å². The Kier molecular flexibility index (Phi) is 6.85. The summed E-state index contributed by atoms with van der Waals surface area (Å²) in [6.07, 6.45) is 0. The largest absolute Gasteiger partial charge is 0.461 e. The maximum atomic E-state index is 13.6. The molecular weight excluding hydrogens is 398 g/mol. The van der Waals surface area contributed by atoms with Crippen LogP contribution in [0.15, 0.2) is 12.1 Å². The lowest BCUT2D eigenvalue weighted by Gasteiger charge is -2.08. The maximum Gasteiger partial charge on any atom is 0.359 e. The molecule has 2 aromatic rings. The molecule has 7 nitrogen and oxygen atoms in total. The number of benzene rings is 1. The van der Waals surface area contributed by atoms with Gasteiger partial charge in [-0.2, -0.15) is 5.10 Å². The number of hydrogen-bond acceptors (Lipinski definition) is 6. The molecule has 0 spiro atoms. The second-order valence-corrected chi connectivity index (χ2v) is 5.98. The minimum atomic E-state index is -1.10. The number of halogens is 3. The predicted octanol–water partition coefficient (Wildman–Crippen LogP) is 3.36. The van der Waals surface area contributed by atoms with E-state index in [0.29, 0.717) is 0 Å². The lowest BCUT2D eigenvalue weighted by molar-refractivity contribution is 0.0505. The van der Waals surface area contributed by atoms with Gasteiger partial charge in [-0.15, -0.1) is 0 Å². The van der Waals surface area contributed by atoms with Crippen LogP contribution < -0.4 is 0 Å². The molecule has 1 heterocycles. The highest BCUT2D eigenvalue weighted by Gasteiger charge is 2.27. The maximum absolute atomic E-state index is 13.6. The van der Waals surface area contributed by atoms with E-state index in [1.54, 1.807) is 13.8 Å². The smallest absolute Gasteiger partial charge is 0.359 e. The summed E-state index contributed by atoms with van der Waals surface area (Å²) in [6, 6.07) is 1.56. The summed E-state index contributed by atoms with van der Waals surface area (Å²) in [7, 11) is 0. The van der Waals surface area contributed by atoms with Crippen molar-refractivity contribution in [3.8, 4) is 0 Å². The Bertz CT molecular complexity index is 919. The third-order valence-electron chi connectivity index (χ3n) is 3.73. The zero-order valence-corrected chi connectivity index (χ0v) is 16.1. The van der Waals surface area contributed by atoms with Crippen molar-refractivity contribution >= 4 is 29.3 Å². The number of ether oxygens (including phenoxy) is 2. The normalized spacial score (nSPS) is 10.6. The van der Waals surface area contributed by atoms with Crippen LogP contribution >= 0.6 is 11.6 Å². The first-order valence-electron chi connectivity index (χ1n) is 8.30. The van der Waals surface area contributed by atoms with Crippen LogP contribution in [0.3, 0.4) is 0 Å². The number of Topliss-reactive ketones (excluding diaryl/α,β-unsaturated/α-hetero) is 1. The summed E-state index contributed by atoms with van der Waals surface area (Å²) in [5, 5.41) is 3.23. The van der Waals surface area contributed by atoms with Crippen molar-refractivity contribution in [1.29, 1.82) is 0 Å². The SMILES string of the molecule is CCOC(=O)c1nn(CC(=O)c2cc(F)c(Cl)c(F)c2)c(C(=O)OCC)c1C. The summed E-state index contributed by atoms with van der Waals surface area (Å²) in [6.45, 7) is 4.22. The first-order valence-corrected chi connectivity index (χ1v) is 8.68. The molecule has 0 aliphatic rings. The average molecular weight is 415 g/mol. The Balaban J connectivity index is 2.45. The van der Waals surface area contributed by atoms with Gasteiger partial charge in [0.25, 0.3) is 0 Å². The van der Waals surface area contributed by atoms with E-state index < -0.39 is 40.9 Å². The number of carbonyl (C=O) groups is 3. The van der Waals surface area contributed by atoms with Gasteiger partial charge in [0.15, 0.2) is 17.2 Å². The van der Waals surface area contributed by atoms with Gasteiger partial charge in [0, 0.05) is 11.1 Å². The van der Waals surface area contributed by atoms with E-state index in [1.807, 2.05) is 0 Å². The van der Waals surface area contributed by atoms with E-state index >= 15 is 0 Å². The van der Waals surface area contributed by atoms with E-state index in [0.717, 1.165) is 16.8 Å². The van der Waals surface area contributed by atoms with E-state index in [9.17, 15) is 23.2 Å². The molecule has 0 atom stereocenters. The lowest BCUT2D eigenvalue weighted by Crippen LogP contribution is -2.19. The van der Waals surface area contributed by atoms with Gasteiger partial charge < -0.3 is 9.47 Å². The van der Waals surface area contributed by atoms with E-state index in [-0.39, 0.29) is 35.7 Å². The molecule has 0 saturated heterocycles. The second kappa shape index (κ2) is 8.92. The van der Waals surface area contributed by atoms with Gasteiger partial charge in [0.1, 0.15) is 23.2 Å². The molecule has 1 aromatic heterocycles. The van der Waals surface area contributed by atoms with Crippen LogP contribution in [-0.2, 0) is 16.0 Å². The van der Waals surface area contributed by atoms with Crippen molar-refractivity contribution < 1.29 is 32.6 Å². The van der Waals surface area contributed by atoms with Gasteiger partial charge >= 0.3 is 11.9 Å². The number of ketones is 1. The number of carbonyl (C=O) groups excluding carboxylic acids is 3. The summed E-state index contributed by atoms with van der Waals surface area (Å²) in [5.74, 6) is -4.53. The Labute approximate surface area is 164 Å². The Morgan fingerprint density at radius 3 is 2.14 bits per heavy atom. The van der Waals surface area contributed by atoms with Crippen LogP contribution in [0.2, 0.25) is 5.02 Å². The molecule has 150 valence electrons. The molecule has 1 aromatic carbocycles. The lowest BCUT2D eigenvalue weighted by atomic mass is 10.1. The highest BCUT2D eigenvalue weighted by molar-refractivity contribution is 6.31. The average Bonchev–Trinajstić information content (AvgIpc) is 2.95. The van der Waals surface area contributed by atoms with Crippen molar-refractivity contribution in [2.24, 2.45) is 0 Å². The molecule has 0 saturated carbocycles. The van der Waals surface area contributed by atoms with Gasteiger partial charge in [-0.3, -0.25) is 4.79 Å². The topological polar surface area (TPSA) is 87.5 Å². The van der Waals surface area contributed by atoms with Gasteiger partial charge in [0.2, 0.25) is 0 Å². The summed E-state index contributed by atoms with van der Waals surface area (Å²) >= 11 is 5.41. The Hall–Kier alpha value is -2.81. The minimum Gasteiger partial charge on any atom is -0.461 e. The highest BCUT2D eigenvalue weighted by Crippen LogP contribution is 2.22. The van der Waals surface area contributed by atoms with Crippen LogP contribution in [-0.4, -0.2) is 40.7 Å². The monoisotopic (exact) mass is 414 g/mol. The molecule has 0 bridgehead atoms. The molecule has 0 amide bonds. The quantitative estimate of drug-likeness (QED) is 0.392. The summed E-state index contributed by atoms with van der Waals surface area (Å²) in [5.41, 5.74) is -0.433. The first kappa shape index (κ1) is 21.5. The van der Waals surface area contributed by atoms with Gasteiger partial charge in [-0.25, -0.2) is 23.1 Å². The third-order valence-corrected chi connectivity index (χ3v) is 4.09. The molecule has 0 fully saturated rings. The fourth-order valence-electron chi connectivity index (χ4n) is 2.46. The number of hydrogen-bond donors (Lipinski definition) is 0. The molecule has 0 aliphatic carbocycles. The number of rotatable bonds is 7.